The predicted molar refractivity (Wildman–Crippen MR) is 197 cm³/mol. The largest absolute Gasteiger partial charge is 0.297 e. The summed E-state index contributed by atoms with van der Waals surface area (Å²) in [6.45, 7) is 6.82. The highest BCUT2D eigenvalue weighted by molar-refractivity contribution is 6.15. The third-order valence-electron chi connectivity index (χ3n) is 10.4. The topological polar surface area (TPSA) is 31.2 Å². The van der Waals surface area contributed by atoms with E-state index in [1.54, 1.807) is 0 Å². The lowest BCUT2D eigenvalue weighted by Crippen LogP contribution is -2.40. The third kappa shape index (κ3) is 20.9. The van der Waals surface area contributed by atoms with Crippen molar-refractivity contribution in [3.05, 3.63) is 0 Å². The lowest BCUT2D eigenvalue weighted by atomic mass is 9.93. The molecule has 0 spiro atoms. The summed E-state index contributed by atoms with van der Waals surface area (Å²) in [5.41, 5.74) is 0. The molecule has 0 aromatic rings. The van der Waals surface area contributed by atoms with Gasteiger partial charge in [0.05, 0.1) is 12.4 Å². The van der Waals surface area contributed by atoms with Gasteiger partial charge in [0.2, 0.25) is 0 Å². The molecule has 0 heterocycles. The Kier molecular flexibility index (Phi) is 26.1. The highest BCUT2D eigenvalue weighted by Crippen LogP contribution is 2.28. The number of hydrazone groups is 2. The Labute approximate surface area is 276 Å². The molecule has 2 fully saturated rings. The Morgan fingerprint density at radius 3 is 1.11 bits per heavy atom. The molecule has 2 saturated carbocycles. The number of rotatable bonds is 21. The fraction of sp³-hybridized carbons (Fsp3) is 0.950. The summed E-state index contributed by atoms with van der Waals surface area (Å²) in [5, 5.41) is 15.3. The van der Waals surface area contributed by atoms with Gasteiger partial charge in [-0.05, 0) is 38.5 Å². The molecule has 0 aromatic carbocycles. The highest BCUT2D eigenvalue weighted by Gasteiger charge is 2.25. The van der Waals surface area contributed by atoms with Gasteiger partial charge in [-0.15, -0.1) is 0 Å². The summed E-state index contributed by atoms with van der Waals surface area (Å²) < 4.78 is 0. The van der Waals surface area contributed by atoms with Gasteiger partial charge in [0.25, 0.3) is 0 Å². The molecule has 4 heteroatoms. The quantitative estimate of drug-likeness (QED) is 0.0731. The molecule has 0 N–H and O–H groups in total. The van der Waals surface area contributed by atoms with E-state index in [1.165, 1.54) is 205 Å². The summed E-state index contributed by atoms with van der Waals surface area (Å²) in [7, 11) is 0. The second-order valence-corrected chi connectivity index (χ2v) is 14.5. The first-order valence-corrected chi connectivity index (χ1v) is 20.4. The van der Waals surface area contributed by atoms with Crippen LogP contribution in [0.3, 0.4) is 0 Å². The monoisotopic (exact) mass is 615 g/mol. The van der Waals surface area contributed by atoms with Crippen LogP contribution in [-0.2, 0) is 0 Å². The van der Waals surface area contributed by atoms with Crippen LogP contribution >= 0.6 is 0 Å². The first kappa shape index (κ1) is 39.1. The Balaban J connectivity index is 2.02. The van der Waals surface area contributed by atoms with Gasteiger partial charge in [0, 0.05) is 25.2 Å². The third-order valence-corrected chi connectivity index (χ3v) is 10.4. The Bertz CT molecular complexity index is 598. The molecule has 0 amide bonds. The zero-order valence-corrected chi connectivity index (χ0v) is 30.1. The van der Waals surface area contributed by atoms with Crippen molar-refractivity contribution < 1.29 is 0 Å². The summed E-state index contributed by atoms with van der Waals surface area (Å²) >= 11 is 0. The Morgan fingerprint density at radius 1 is 0.409 bits per heavy atom. The van der Waals surface area contributed by atoms with Crippen LogP contribution in [0.2, 0.25) is 0 Å². The van der Waals surface area contributed by atoms with Gasteiger partial charge >= 0.3 is 0 Å². The molecule has 2 aliphatic rings. The molecule has 0 atom stereocenters. The van der Waals surface area contributed by atoms with Crippen LogP contribution in [0.4, 0.5) is 0 Å². The SMILES string of the molecule is CCCCCCCCCN(CCCCCCCCC)N=CC=NN(C1CCCCCCCCC1)C1CCCCCCCCC1. The normalized spacial score (nSPS) is 19.0. The molecule has 258 valence electrons. The molecule has 2 rings (SSSR count). The molecule has 0 unspecified atom stereocenters. The number of unbranched alkanes of at least 4 members (excludes halogenated alkanes) is 12. The Morgan fingerprint density at radius 2 is 0.727 bits per heavy atom. The predicted octanol–water partition coefficient (Wildman–Crippen LogP) is 12.8. The highest BCUT2D eigenvalue weighted by atomic mass is 15.5. The molecule has 0 aromatic heterocycles. The van der Waals surface area contributed by atoms with E-state index in [1.807, 2.05) is 0 Å². The minimum absolute atomic E-state index is 0.613. The van der Waals surface area contributed by atoms with Crippen LogP contribution in [0.1, 0.15) is 219 Å². The van der Waals surface area contributed by atoms with Crippen molar-refractivity contribution in [3.63, 3.8) is 0 Å². The molecule has 4 nitrogen and oxygen atoms in total. The minimum Gasteiger partial charge on any atom is -0.297 e. The van der Waals surface area contributed by atoms with Crippen molar-refractivity contribution >= 4 is 12.4 Å². The number of hydrogen-bond donors (Lipinski definition) is 0. The first-order valence-electron chi connectivity index (χ1n) is 20.4. The minimum atomic E-state index is 0.613. The Hall–Kier alpha value is -1.06. The maximum absolute atomic E-state index is 5.30. The van der Waals surface area contributed by atoms with Gasteiger partial charge in [0.1, 0.15) is 0 Å². The van der Waals surface area contributed by atoms with Gasteiger partial charge < -0.3 is 0 Å². The average molecular weight is 615 g/mol. The molecule has 0 aliphatic heterocycles. The molecule has 0 saturated heterocycles. The van der Waals surface area contributed by atoms with Crippen molar-refractivity contribution in [3.8, 4) is 0 Å². The number of hydrogen-bond acceptors (Lipinski definition) is 4. The van der Waals surface area contributed by atoms with E-state index >= 15 is 0 Å². The van der Waals surface area contributed by atoms with Crippen molar-refractivity contribution in [1.82, 2.24) is 10.0 Å². The van der Waals surface area contributed by atoms with Crippen molar-refractivity contribution in [1.29, 1.82) is 0 Å². The van der Waals surface area contributed by atoms with Crippen LogP contribution in [0.25, 0.3) is 0 Å². The number of nitrogens with zero attached hydrogens (tertiary/aromatic N) is 4. The van der Waals surface area contributed by atoms with E-state index in [0.717, 1.165) is 13.1 Å². The van der Waals surface area contributed by atoms with E-state index in [9.17, 15) is 0 Å². The zero-order valence-electron chi connectivity index (χ0n) is 30.1. The molecule has 0 radical (unpaired) electrons. The van der Waals surface area contributed by atoms with E-state index in [-0.39, 0.29) is 0 Å². The van der Waals surface area contributed by atoms with Gasteiger partial charge in [-0.3, -0.25) is 10.0 Å². The second kappa shape index (κ2) is 29.3. The van der Waals surface area contributed by atoms with Crippen LogP contribution in [0, 0.1) is 0 Å². The van der Waals surface area contributed by atoms with Gasteiger partial charge in [-0.25, -0.2) is 0 Å². The summed E-state index contributed by atoms with van der Waals surface area (Å²) in [5.74, 6) is 0. The summed E-state index contributed by atoms with van der Waals surface area (Å²) in [6, 6.07) is 1.23. The van der Waals surface area contributed by atoms with Gasteiger partial charge in [0.15, 0.2) is 0 Å². The fourth-order valence-electron chi connectivity index (χ4n) is 7.55. The fourth-order valence-corrected chi connectivity index (χ4v) is 7.55. The van der Waals surface area contributed by atoms with Crippen molar-refractivity contribution in [2.45, 2.75) is 231 Å². The maximum atomic E-state index is 5.30. The standard InChI is InChI=1S/C40H78N4/c1-3-5-7-9-17-23-29-37-43(38-30-24-18-10-8-6-4-2)41-35-36-42-44(39-31-25-19-13-11-14-20-26-32-39)40-33-27-21-15-12-16-22-28-34-40/h35-36,39-40H,3-34,37-38H2,1-2H3. The average Bonchev–Trinajstić information content (AvgIpc) is 3.05. The van der Waals surface area contributed by atoms with Crippen molar-refractivity contribution in [2.75, 3.05) is 13.1 Å². The second-order valence-electron chi connectivity index (χ2n) is 14.5. The zero-order chi connectivity index (χ0) is 31.2. The van der Waals surface area contributed by atoms with E-state index in [2.05, 4.69) is 36.3 Å². The van der Waals surface area contributed by atoms with E-state index < -0.39 is 0 Å². The first-order chi connectivity index (χ1) is 21.8. The lowest BCUT2D eigenvalue weighted by Gasteiger charge is -2.37. The van der Waals surface area contributed by atoms with Gasteiger partial charge in [-0.1, -0.05) is 181 Å². The van der Waals surface area contributed by atoms with E-state index in [0.29, 0.717) is 12.1 Å². The van der Waals surface area contributed by atoms with Crippen LogP contribution in [0.5, 0.6) is 0 Å². The van der Waals surface area contributed by atoms with Crippen LogP contribution in [-0.4, -0.2) is 47.6 Å². The van der Waals surface area contributed by atoms with Crippen LogP contribution in [0.15, 0.2) is 10.2 Å². The lowest BCUT2D eigenvalue weighted by molar-refractivity contribution is 0.102. The molecule has 0 bridgehead atoms. The van der Waals surface area contributed by atoms with E-state index in [4.69, 9.17) is 10.2 Å². The smallest absolute Gasteiger partial charge is 0.0671 e. The molecule has 2 aliphatic carbocycles. The summed E-state index contributed by atoms with van der Waals surface area (Å²) in [4.78, 5) is 0. The summed E-state index contributed by atoms with van der Waals surface area (Å²) in [6.07, 6.45) is 48.3. The molecule has 44 heavy (non-hydrogen) atoms. The van der Waals surface area contributed by atoms with Crippen molar-refractivity contribution in [2.24, 2.45) is 10.2 Å². The van der Waals surface area contributed by atoms with Gasteiger partial charge in [-0.2, -0.15) is 10.2 Å². The van der Waals surface area contributed by atoms with Crippen LogP contribution < -0.4 is 0 Å². The maximum Gasteiger partial charge on any atom is 0.0671 e. The molecular weight excluding hydrogens is 536 g/mol. The molecular formula is C40H78N4.